The van der Waals surface area contributed by atoms with E-state index in [9.17, 15) is 22.8 Å². The van der Waals surface area contributed by atoms with Crippen molar-refractivity contribution in [3.05, 3.63) is 95.4 Å². The standard InChI is InChI=1S/C27H19F3N6O3/c1-17-9-11-20(14-19(17)10-12-21-16-31-23-8-5-13-32-35(21)23)33-26(38)36-22(18-6-3-2-4-7-18)15-24(34-36)39-25(37)27(28,29)30/h2-9,11,13-14,16,22H,15H2,1H3,(H,33,38)/t22-/m0/s1. The Bertz CT molecular complexity index is 1650. The number of aryl methyl sites for hydroxylation is 1. The van der Waals surface area contributed by atoms with Crippen LogP contribution in [0.4, 0.5) is 23.7 Å². The minimum atomic E-state index is -5.20. The number of rotatable bonds is 2. The number of alkyl halides is 3. The van der Waals surface area contributed by atoms with Gasteiger partial charge in [0.15, 0.2) is 5.65 Å². The molecule has 1 aliphatic heterocycles. The summed E-state index contributed by atoms with van der Waals surface area (Å²) in [7, 11) is 0. The number of hydrogen-bond donors (Lipinski definition) is 1. The van der Waals surface area contributed by atoms with Crippen LogP contribution in [0.3, 0.4) is 0 Å². The summed E-state index contributed by atoms with van der Waals surface area (Å²) in [5, 5.41) is 11.8. The average molecular weight is 532 g/mol. The summed E-state index contributed by atoms with van der Waals surface area (Å²) in [4.78, 5) is 28.8. The van der Waals surface area contributed by atoms with Crippen LogP contribution in [-0.2, 0) is 9.53 Å². The van der Waals surface area contributed by atoms with Crippen molar-refractivity contribution in [3.63, 3.8) is 0 Å². The first-order valence-corrected chi connectivity index (χ1v) is 11.6. The number of nitrogens with one attached hydrogen (secondary N) is 1. The van der Waals surface area contributed by atoms with E-state index in [2.05, 4.69) is 37.1 Å². The van der Waals surface area contributed by atoms with Gasteiger partial charge < -0.3 is 10.1 Å². The monoisotopic (exact) mass is 532 g/mol. The van der Waals surface area contributed by atoms with E-state index in [1.54, 1.807) is 77.6 Å². The molecular weight excluding hydrogens is 513 g/mol. The van der Waals surface area contributed by atoms with E-state index < -0.39 is 30.1 Å². The van der Waals surface area contributed by atoms with Gasteiger partial charge in [0.1, 0.15) is 5.69 Å². The van der Waals surface area contributed by atoms with Gasteiger partial charge in [-0.15, -0.1) is 5.10 Å². The third-order valence-electron chi connectivity index (χ3n) is 5.81. The van der Waals surface area contributed by atoms with Gasteiger partial charge in [0.2, 0.25) is 5.90 Å². The smallest absolute Gasteiger partial charge is 0.403 e. The maximum absolute atomic E-state index is 13.2. The van der Waals surface area contributed by atoms with Crippen molar-refractivity contribution in [1.82, 2.24) is 19.6 Å². The van der Waals surface area contributed by atoms with E-state index in [-0.39, 0.29) is 6.42 Å². The molecule has 2 amide bonds. The van der Waals surface area contributed by atoms with Crippen molar-refractivity contribution in [2.24, 2.45) is 5.10 Å². The normalized spacial score (nSPS) is 14.9. The Morgan fingerprint density at radius 2 is 1.87 bits per heavy atom. The highest BCUT2D eigenvalue weighted by Crippen LogP contribution is 2.32. The molecule has 1 N–H and O–H groups in total. The molecule has 0 spiro atoms. The number of aromatic nitrogens is 3. The Kier molecular flexibility index (Phi) is 6.72. The largest absolute Gasteiger partial charge is 0.491 e. The number of amides is 2. The highest BCUT2D eigenvalue weighted by atomic mass is 19.4. The van der Waals surface area contributed by atoms with Crippen LogP contribution in [-0.4, -0.2) is 43.7 Å². The number of urea groups is 1. The van der Waals surface area contributed by atoms with Gasteiger partial charge in [-0.25, -0.2) is 24.1 Å². The quantitative estimate of drug-likeness (QED) is 0.294. The average Bonchev–Trinajstić information content (AvgIpc) is 3.53. The predicted octanol–water partition coefficient (Wildman–Crippen LogP) is 4.84. The van der Waals surface area contributed by atoms with Crippen molar-refractivity contribution in [1.29, 1.82) is 0 Å². The van der Waals surface area contributed by atoms with Gasteiger partial charge in [0, 0.05) is 17.4 Å². The minimum Gasteiger partial charge on any atom is -0.403 e. The predicted molar refractivity (Wildman–Crippen MR) is 134 cm³/mol. The Hall–Kier alpha value is -5.18. The van der Waals surface area contributed by atoms with Gasteiger partial charge in [-0.05, 0) is 48.2 Å². The maximum Gasteiger partial charge on any atom is 0.491 e. The van der Waals surface area contributed by atoms with Crippen LogP contribution in [0.2, 0.25) is 0 Å². The molecule has 0 unspecified atom stereocenters. The Morgan fingerprint density at radius 3 is 2.64 bits per heavy atom. The summed E-state index contributed by atoms with van der Waals surface area (Å²) < 4.78 is 44.2. The molecule has 4 aromatic rings. The molecule has 2 aromatic heterocycles. The molecule has 0 saturated carbocycles. The summed E-state index contributed by atoms with van der Waals surface area (Å²) >= 11 is 0. The fraction of sp³-hybridized carbons (Fsp3) is 0.148. The second-order valence-corrected chi connectivity index (χ2v) is 8.50. The van der Waals surface area contributed by atoms with E-state index in [4.69, 9.17) is 0 Å². The van der Waals surface area contributed by atoms with E-state index >= 15 is 0 Å². The van der Waals surface area contributed by atoms with Crippen LogP contribution < -0.4 is 5.32 Å². The van der Waals surface area contributed by atoms with Crippen LogP contribution in [0.1, 0.15) is 34.8 Å². The van der Waals surface area contributed by atoms with Gasteiger partial charge >= 0.3 is 18.2 Å². The zero-order valence-electron chi connectivity index (χ0n) is 20.3. The molecule has 196 valence electrons. The van der Waals surface area contributed by atoms with E-state index in [1.807, 2.05) is 6.92 Å². The van der Waals surface area contributed by atoms with Crippen molar-refractivity contribution in [2.45, 2.75) is 25.6 Å². The SMILES string of the molecule is Cc1ccc(NC(=O)N2N=C(OC(=O)C(F)(F)F)C[C@H]2c2ccccc2)cc1C#Cc1cnc2cccnn12. The number of anilines is 1. The number of halogens is 3. The topological polar surface area (TPSA) is 101 Å². The van der Waals surface area contributed by atoms with E-state index in [0.717, 1.165) is 10.6 Å². The number of ether oxygens (including phenoxy) is 1. The first kappa shape index (κ1) is 25.5. The molecule has 9 nitrogen and oxygen atoms in total. The van der Waals surface area contributed by atoms with Gasteiger partial charge in [-0.3, -0.25) is 0 Å². The van der Waals surface area contributed by atoms with Gasteiger partial charge in [0.05, 0.1) is 18.7 Å². The lowest BCUT2D eigenvalue weighted by atomic mass is 10.0. The number of fused-ring (bicyclic) bond motifs is 1. The summed E-state index contributed by atoms with van der Waals surface area (Å²) in [6.45, 7) is 1.86. The molecule has 0 radical (unpaired) electrons. The Morgan fingerprint density at radius 1 is 1.08 bits per heavy atom. The second-order valence-electron chi connectivity index (χ2n) is 8.50. The Labute approximate surface area is 219 Å². The summed E-state index contributed by atoms with van der Waals surface area (Å²) in [5.41, 5.74) is 3.70. The summed E-state index contributed by atoms with van der Waals surface area (Å²) in [6, 6.07) is 15.7. The van der Waals surface area contributed by atoms with Gasteiger partial charge in [-0.2, -0.15) is 18.3 Å². The van der Waals surface area contributed by atoms with Gasteiger partial charge in [-0.1, -0.05) is 42.3 Å². The van der Waals surface area contributed by atoms with Crippen LogP contribution >= 0.6 is 0 Å². The molecule has 12 heteroatoms. The number of carbonyl (C=O) groups is 2. The maximum atomic E-state index is 13.2. The van der Waals surface area contributed by atoms with Crippen LogP contribution in [0, 0.1) is 18.8 Å². The molecule has 0 fully saturated rings. The molecule has 0 saturated heterocycles. The van der Waals surface area contributed by atoms with Gasteiger partial charge in [0.25, 0.3) is 0 Å². The first-order chi connectivity index (χ1) is 18.7. The van der Waals surface area contributed by atoms with Crippen LogP contribution in [0.25, 0.3) is 5.65 Å². The lowest BCUT2D eigenvalue weighted by Gasteiger charge is -2.22. The van der Waals surface area contributed by atoms with Crippen LogP contribution in [0.5, 0.6) is 0 Å². The zero-order chi connectivity index (χ0) is 27.6. The fourth-order valence-electron chi connectivity index (χ4n) is 3.89. The Balaban J connectivity index is 1.39. The third-order valence-corrected chi connectivity index (χ3v) is 5.81. The highest BCUT2D eigenvalue weighted by molar-refractivity contribution is 5.96. The van der Waals surface area contributed by atoms with Crippen LogP contribution in [0.15, 0.2) is 78.2 Å². The molecule has 39 heavy (non-hydrogen) atoms. The number of carbonyl (C=O) groups excluding carboxylic acids is 2. The number of benzene rings is 2. The van der Waals surface area contributed by atoms with E-state index in [1.165, 1.54) is 0 Å². The van der Waals surface area contributed by atoms with E-state index in [0.29, 0.717) is 28.2 Å². The number of nitrogens with zero attached hydrogens (tertiary/aromatic N) is 5. The molecular formula is C27H19F3N6O3. The highest BCUT2D eigenvalue weighted by Gasteiger charge is 2.44. The molecule has 2 aromatic carbocycles. The van der Waals surface area contributed by atoms with Crippen molar-refractivity contribution >= 4 is 29.2 Å². The molecule has 3 heterocycles. The molecule has 5 rings (SSSR count). The second kappa shape index (κ2) is 10.3. The minimum absolute atomic E-state index is 0.211. The third kappa shape index (κ3) is 5.57. The van der Waals surface area contributed by atoms with Crippen molar-refractivity contribution in [2.75, 3.05) is 5.32 Å². The molecule has 1 aliphatic rings. The summed E-state index contributed by atoms with van der Waals surface area (Å²) in [6.07, 6.45) is -2.18. The lowest BCUT2D eigenvalue weighted by Crippen LogP contribution is -2.31. The zero-order valence-corrected chi connectivity index (χ0v) is 20.3. The van der Waals surface area contributed by atoms with Crippen molar-refractivity contribution < 1.29 is 27.5 Å². The number of esters is 1. The first-order valence-electron chi connectivity index (χ1n) is 11.6. The number of hydrogen-bond acceptors (Lipinski definition) is 6. The fourth-order valence-corrected chi connectivity index (χ4v) is 3.89. The molecule has 0 bridgehead atoms. The number of imidazole rings is 1. The molecule has 0 aliphatic carbocycles. The summed E-state index contributed by atoms with van der Waals surface area (Å²) in [5.74, 6) is 3.17. The van der Waals surface area contributed by atoms with Crippen molar-refractivity contribution in [3.8, 4) is 11.8 Å². The lowest BCUT2D eigenvalue weighted by molar-refractivity contribution is -0.191. The molecule has 1 atom stereocenters. The number of hydrazone groups is 1.